The first kappa shape index (κ1) is 8.72. The van der Waals surface area contributed by atoms with Gasteiger partial charge in [0.2, 0.25) is 0 Å². The summed E-state index contributed by atoms with van der Waals surface area (Å²) in [4.78, 5) is 0. The van der Waals surface area contributed by atoms with Crippen LogP contribution in [0.4, 0.5) is 0 Å². The van der Waals surface area contributed by atoms with Gasteiger partial charge in [0.15, 0.2) is 0 Å². The van der Waals surface area contributed by atoms with E-state index in [0.717, 1.165) is 30.8 Å². The van der Waals surface area contributed by atoms with Crippen molar-refractivity contribution >= 4 is 0 Å². The van der Waals surface area contributed by atoms with Crippen LogP contribution in [0.1, 0.15) is 24.2 Å². The average molecular weight is 181 g/mol. The molecule has 2 heterocycles. The van der Waals surface area contributed by atoms with Crippen LogP contribution in [0.3, 0.4) is 0 Å². The number of nitrogens with two attached hydrogens (primary N) is 1. The normalized spacial score (nSPS) is 22.4. The minimum absolute atomic E-state index is 0.369. The highest BCUT2D eigenvalue weighted by Gasteiger charge is 2.16. The molecule has 1 aliphatic heterocycles. The van der Waals surface area contributed by atoms with Crippen molar-refractivity contribution in [1.29, 1.82) is 0 Å². The van der Waals surface area contributed by atoms with E-state index in [4.69, 9.17) is 10.5 Å². The van der Waals surface area contributed by atoms with Gasteiger partial charge in [-0.3, -0.25) is 5.10 Å². The Kier molecular flexibility index (Phi) is 2.61. The van der Waals surface area contributed by atoms with Crippen molar-refractivity contribution in [3.05, 3.63) is 17.5 Å². The molecule has 13 heavy (non-hydrogen) atoms. The van der Waals surface area contributed by atoms with Crippen LogP contribution in [0.15, 0.2) is 6.07 Å². The summed E-state index contributed by atoms with van der Waals surface area (Å²) in [5.41, 5.74) is 7.52. The summed E-state index contributed by atoms with van der Waals surface area (Å²) in [5, 5.41) is 7.06. The number of aromatic nitrogens is 2. The molecule has 0 aromatic carbocycles. The van der Waals surface area contributed by atoms with Gasteiger partial charge in [0.05, 0.1) is 11.8 Å². The van der Waals surface area contributed by atoms with Crippen molar-refractivity contribution in [1.82, 2.24) is 10.2 Å². The van der Waals surface area contributed by atoms with Crippen LogP contribution in [0.2, 0.25) is 0 Å². The summed E-state index contributed by atoms with van der Waals surface area (Å²) in [6.45, 7) is 1.43. The van der Waals surface area contributed by atoms with Gasteiger partial charge in [-0.25, -0.2) is 0 Å². The Hall–Kier alpha value is -0.870. The number of nitrogens with zero attached hydrogens (tertiary/aromatic N) is 1. The standard InChI is InChI=1S/C9H15N3O/c10-6-8-4-7(11-12-8)5-9-2-1-3-13-9/h4,9H,1-3,5-6,10H2,(H,11,12). The van der Waals surface area contributed by atoms with Crippen molar-refractivity contribution in [3.63, 3.8) is 0 Å². The van der Waals surface area contributed by atoms with Gasteiger partial charge >= 0.3 is 0 Å². The van der Waals surface area contributed by atoms with E-state index in [0.29, 0.717) is 12.6 Å². The Balaban J connectivity index is 1.92. The van der Waals surface area contributed by atoms with Crippen molar-refractivity contribution in [2.24, 2.45) is 5.73 Å². The number of H-pyrrole nitrogens is 1. The first-order valence-electron chi connectivity index (χ1n) is 4.73. The van der Waals surface area contributed by atoms with E-state index < -0.39 is 0 Å². The van der Waals surface area contributed by atoms with Gasteiger partial charge in [0.25, 0.3) is 0 Å². The lowest BCUT2D eigenvalue weighted by molar-refractivity contribution is 0.110. The Morgan fingerprint density at radius 2 is 2.62 bits per heavy atom. The maximum absolute atomic E-state index is 5.51. The molecule has 1 saturated heterocycles. The molecule has 0 saturated carbocycles. The highest BCUT2D eigenvalue weighted by Crippen LogP contribution is 2.16. The first-order valence-corrected chi connectivity index (χ1v) is 4.73. The zero-order chi connectivity index (χ0) is 9.10. The molecule has 1 atom stereocenters. The lowest BCUT2D eigenvalue weighted by Crippen LogP contribution is -2.08. The summed E-state index contributed by atoms with van der Waals surface area (Å²) in [5.74, 6) is 0. The van der Waals surface area contributed by atoms with E-state index in [2.05, 4.69) is 10.2 Å². The van der Waals surface area contributed by atoms with Crippen LogP contribution in [0.25, 0.3) is 0 Å². The van der Waals surface area contributed by atoms with Crippen LogP contribution in [0, 0.1) is 0 Å². The lowest BCUT2D eigenvalue weighted by atomic mass is 10.1. The van der Waals surface area contributed by atoms with Crippen molar-refractivity contribution < 1.29 is 4.74 Å². The quantitative estimate of drug-likeness (QED) is 0.717. The molecule has 1 aromatic rings. The van der Waals surface area contributed by atoms with Gasteiger partial charge in [-0.2, -0.15) is 5.10 Å². The highest BCUT2D eigenvalue weighted by atomic mass is 16.5. The largest absolute Gasteiger partial charge is 0.378 e. The van der Waals surface area contributed by atoms with Gasteiger partial charge in [-0.05, 0) is 18.9 Å². The smallest absolute Gasteiger partial charge is 0.0651 e. The van der Waals surface area contributed by atoms with Gasteiger partial charge in [0.1, 0.15) is 0 Å². The Labute approximate surface area is 77.5 Å². The summed E-state index contributed by atoms with van der Waals surface area (Å²) < 4.78 is 5.51. The van der Waals surface area contributed by atoms with Crippen LogP contribution < -0.4 is 5.73 Å². The first-order chi connectivity index (χ1) is 6.38. The molecule has 3 N–H and O–H groups in total. The average Bonchev–Trinajstić information content (AvgIpc) is 2.76. The molecule has 0 aliphatic carbocycles. The SMILES string of the molecule is NCc1cc(CC2CCCO2)n[nH]1. The fourth-order valence-corrected chi connectivity index (χ4v) is 1.66. The maximum Gasteiger partial charge on any atom is 0.0651 e. The van der Waals surface area contributed by atoms with Crippen LogP contribution in [-0.2, 0) is 17.7 Å². The third-order valence-corrected chi connectivity index (χ3v) is 2.36. The third-order valence-electron chi connectivity index (χ3n) is 2.36. The molecule has 1 fully saturated rings. The van der Waals surface area contributed by atoms with E-state index >= 15 is 0 Å². The minimum Gasteiger partial charge on any atom is -0.378 e. The molecule has 4 nitrogen and oxygen atoms in total. The van der Waals surface area contributed by atoms with Crippen LogP contribution >= 0.6 is 0 Å². The summed E-state index contributed by atoms with van der Waals surface area (Å²) in [6.07, 6.45) is 3.62. The summed E-state index contributed by atoms with van der Waals surface area (Å²) in [6, 6.07) is 2.02. The molecule has 0 radical (unpaired) electrons. The van der Waals surface area contributed by atoms with Gasteiger partial charge in [0, 0.05) is 25.3 Å². The Morgan fingerprint density at radius 3 is 3.23 bits per heavy atom. The van der Waals surface area contributed by atoms with Gasteiger partial charge in [-0.15, -0.1) is 0 Å². The van der Waals surface area contributed by atoms with Crippen LogP contribution in [-0.4, -0.2) is 22.9 Å². The fraction of sp³-hybridized carbons (Fsp3) is 0.667. The number of ether oxygens (including phenoxy) is 1. The molecule has 0 spiro atoms. The van der Waals surface area contributed by atoms with E-state index in [1.165, 1.54) is 6.42 Å². The maximum atomic E-state index is 5.51. The molecule has 0 bridgehead atoms. The number of hydrogen-bond donors (Lipinski definition) is 2. The van der Waals surface area contributed by atoms with Crippen LogP contribution in [0.5, 0.6) is 0 Å². The second-order valence-corrected chi connectivity index (χ2v) is 3.43. The number of aromatic amines is 1. The molecule has 72 valence electrons. The predicted octanol–water partition coefficient (Wildman–Crippen LogP) is 0.590. The summed E-state index contributed by atoms with van der Waals surface area (Å²) in [7, 11) is 0. The van der Waals surface area contributed by atoms with Crippen molar-refractivity contribution in [2.75, 3.05) is 6.61 Å². The topological polar surface area (TPSA) is 63.9 Å². The molecule has 1 unspecified atom stereocenters. The third kappa shape index (κ3) is 2.08. The lowest BCUT2D eigenvalue weighted by Gasteiger charge is -2.05. The van der Waals surface area contributed by atoms with E-state index in [9.17, 15) is 0 Å². The molecular formula is C9H15N3O. The van der Waals surface area contributed by atoms with Gasteiger partial charge < -0.3 is 10.5 Å². The molecule has 4 heteroatoms. The minimum atomic E-state index is 0.369. The summed E-state index contributed by atoms with van der Waals surface area (Å²) >= 11 is 0. The number of nitrogens with one attached hydrogen (secondary N) is 1. The number of hydrogen-bond acceptors (Lipinski definition) is 3. The van der Waals surface area contributed by atoms with Gasteiger partial charge in [-0.1, -0.05) is 0 Å². The molecule has 2 rings (SSSR count). The monoisotopic (exact) mass is 181 g/mol. The second kappa shape index (κ2) is 3.89. The molecular weight excluding hydrogens is 166 g/mol. The molecule has 1 aromatic heterocycles. The van der Waals surface area contributed by atoms with Crippen molar-refractivity contribution in [3.8, 4) is 0 Å². The Morgan fingerprint density at radius 1 is 1.69 bits per heavy atom. The molecule has 1 aliphatic rings. The van der Waals surface area contributed by atoms with Crippen molar-refractivity contribution in [2.45, 2.75) is 31.9 Å². The number of rotatable bonds is 3. The predicted molar refractivity (Wildman–Crippen MR) is 49.2 cm³/mol. The zero-order valence-corrected chi connectivity index (χ0v) is 7.62. The highest BCUT2D eigenvalue weighted by molar-refractivity contribution is 5.09. The van der Waals surface area contributed by atoms with E-state index in [1.54, 1.807) is 0 Å². The Bertz CT molecular complexity index is 266. The molecule has 0 amide bonds. The van der Waals surface area contributed by atoms with E-state index in [-0.39, 0.29) is 0 Å². The second-order valence-electron chi connectivity index (χ2n) is 3.43. The zero-order valence-electron chi connectivity index (χ0n) is 7.62. The van der Waals surface area contributed by atoms with E-state index in [1.807, 2.05) is 6.07 Å². The fourth-order valence-electron chi connectivity index (χ4n) is 1.66.